The molecule has 1 unspecified atom stereocenters. The van der Waals surface area contributed by atoms with Gasteiger partial charge in [-0.1, -0.05) is 0 Å². The van der Waals surface area contributed by atoms with Crippen molar-refractivity contribution in [2.24, 2.45) is 10.7 Å². The minimum Gasteiger partial charge on any atom is -0.468 e. The lowest BCUT2D eigenvalue weighted by atomic mass is 10.1. The summed E-state index contributed by atoms with van der Waals surface area (Å²) in [6.07, 6.45) is 2.46. The summed E-state index contributed by atoms with van der Waals surface area (Å²) in [5.41, 5.74) is 5.59. The van der Waals surface area contributed by atoms with Crippen molar-refractivity contribution >= 4 is 11.9 Å². The number of esters is 1. The minimum absolute atomic E-state index is 0.348. The Morgan fingerprint density at radius 1 is 1.50 bits per heavy atom. The summed E-state index contributed by atoms with van der Waals surface area (Å²) in [5, 5.41) is 6.04. The van der Waals surface area contributed by atoms with Gasteiger partial charge in [-0.05, 0) is 19.3 Å². The van der Waals surface area contributed by atoms with E-state index >= 15 is 0 Å². The van der Waals surface area contributed by atoms with Crippen molar-refractivity contribution in [3.8, 4) is 0 Å². The van der Waals surface area contributed by atoms with E-state index in [1.807, 2.05) is 7.05 Å². The number of ether oxygens (including phenoxy) is 1. The molecule has 0 amide bonds. The highest BCUT2D eigenvalue weighted by Crippen LogP contribution is 1.99. The molecule has 0 radical (unpaired) electrons. The van der Waals surface area contributed by atoms with Gasteiger partial charge in [-0.25, -0.2) is 0 Å². The average molecular weight is 230 g/mol. The summed E-state index contributed by atoms with van der Waals surface area (Å²) in [6.45, 7) is 0.807. The van der Waals surface area contributed by atoms with Gasteiger partial charge in [0.2, 0.25) is 0 Å². The molecule has 6 nitrogen and oxygen atoms in total. The second kappa shape index (κ2) is 8.96. The van der Waals surface area contributed by atoms with Gasteiger partial charge in [0.05, 0.1) is 7.11 Å². The van der Waals surface area contributed by atoms with E-state index in [-0.39, 0.29) is 5.97 Å². The van der Waals surface area contributed by atoms with Crippen LogP contribution in [0.5, 0.6) is 0 Å². The molecule has 0 spiro atoms. The van der Waals surface area contributed by atoms with E-state index in [0.29, 0.717) is 6.42 Å². The third-order valence-electron chi connectivity index (χ3n) is 2.20. The maximum atomic E-state index is 11.0. The van der Waals surface area contributed by atoms with Gasteiger partial charge >= 0.3 is 5.97 Å². The van der Waals surface area contributed by atoms with Gasteiger partial charge in [-0.2, -0.15) is 0 Å². The number of unbranched alkanes of at least 4 members (excludes halogenated alkanes) is 1. The maximum Gasteiger partial charge on any atom is 0.322 e. The Bertz CT molecular complexity index is 231. The highest BCUT2D eigenvalue weighted by Gasteiger charge is 2.12. The largest absolute Gasteiger partial charge is 0.468 e. The third kappa shape index (κ3) is 6.23. The normalized spacial score (nSPS) is 13.1. The van der Waals surface area contributed by atoms with Crippen LogP contribution >= 0.6 is 0 Å². The Morgan fingerprint density at radius 3 is 2.69 bits per heavy atom. The molecule has 0 aromatic rings. The molecule has 4 N–H and O–H groups in total. The molecule has 16 heavy (non-hydrogen) atoms. The number of nitrogens with two attached hydrogens (primary N) is 1. The van der Waals surface area contributed by atoms with Crippen LogP contribution < -0.4 is 16.4 Å². The molecule has 0 aliphatic carbocycles. The smallest absolute Gasteiger partial charge is 0.322 e. The van der Waals surface area contributed by atoms with Gasteiger partial charge in [0, 0.05) is 20.6 Å². The van der Waals surface area contributed by atoms with Crippen LogP contribution in [0.2, 0.25) is 0 Å². The first-order valence-electron chi connectivity index (χ1n) is 5.37. The zero-order valence-corrected chi connectivity index (χ0v) is 10.2. The fourth-order valence-corrected chi connectivity index (χ4v) is 1.24. The molecule has 0 aliphatic heterocycles. The van der Waals surface area contributed by atoms with Crippen LogP contribution in [-0.2, 0) is 9.53 Å². The van der Waals surface area contributed by atoms with Crippen LogP contribution in [0.1, 0.15) is 19.3 Å². The number of nitrogens with zero attached hydrogens (tertiary/aromatic N) is 1. The Kier molecular flexibility index (Phi) is 8.24. The van der Waals surface area contributed by atoms with Crippen LogP contribution in [0.3, 0.4) is 0 Å². The standard InChI is InChI=1S/C10H22N4O2/c1-12-10(13-2)14-7-5-4-6-8(11)9(15)16-3/h8H,4-7,11H2,1-3H3,(H2,12,13,14). The van der Waals surface area contributed by atoms with Crippen LogP contribution in [0, 0.1) is 0 Å². The Labute approximate surface area is 96.6 Å². The lowest BCUT2D eigenvalue weighted by Gasteiger charge is -2.10. The number of carbonyl (C=O) groups is 1. The number of methoxy groups -OCH3 is 1. The molecule has 0 saturated heterocycles. The van der Waals surface area contributed by atoms with E-state index in [1.165, 1.54) is 7.11 Å². The molecule has 0 rings (SSSR count). The first kappa shape index (κ1) is 14.7. The van der Waals surface area contributed by atoms with E-state index in [1.54, 1.807) is 7.05 Å². The molecule has 0 aromatic heterocycles. The third-order valence-corrected chi connectivity index (χ3v) is 2.20. The molecular formula is C10H22N4O2. The van der Waals surface area contributed by atoms with Crippen molar-refractivity contribution in [1.29, 1.82) is 0 Å². The molecule has 6 heteroatoms. The highest BCUT2D eigenvalue weighted by molar-refractivity contribution is 5.79. The fraction of sp³-hybridized carbons (Fsp3) is 0.800. The number of aliphatic imine (C=N–C) groups is 1. The van der Waals surface area contributed by atoms with E-state index in [2.05, 4.69) is 20.4 Å². The average Bonchev–Trinajstić information content (AvgIpc) is 2.32. The van der Waals surface area contributed by atoms with Crippen molar-refractivity contribution in [1.82, 2.24) is 10.6 Å². The van der Waals surface area contributed by atoms with Crippen molar-refractivity contribution in [3.63, 3.8) is 0 Å². The summed E-state index contributed by atoms with van der Waals surface area (Å²) in [6, 6.07) is -0.506. The molecule has 0 aromatic carbocycles. The zero-order valence-electron chi connectivity index (χ0n) is 10.2. The highest BCUT2D eigenvalue weighted by atomic mass is 16.5. The first-order valence-corrected chi connectivity index (χ1v) is 5.37. The van der Waals surface area contributed by atoms with Crippen LogP contribution in [-0.4, -0.2) is 45.7 Å². The minimum atomic E-state index is -0.506. The maximum absolute atomic E-state index is 11.0. The molecule has 1 atom stereocenters. The van der Waals surface area contributed by atoms with Crippen molar-refractivity contribution in [2.75, 3.05) is 27.7 Å². The second-order valence-electron chi connectivity index (χ2n) is 3.37. The number of guanidine groups is 1. The zero-order chi connectivity index (χ0) is 12.4. The summed E-state index contributed by atoms with van der Waals surface area (Å²) >= 11 is 0. The summed E-state index contributed by atoms with van der Waals surface area (Å²) in [5.74, 6) is 0.413. The molecular weight excluding hydrogens is 208 g/mol. The van der Waals surface area contributed by atoms with E-state index in [0.717, 1.165) is 25.3 Å². The van der Waals surface area contributed by atoms with E-state index in [9.17, 15) is 4.79 Å². The summed E-state index contributed by atoms with van der Waals surface area (Å²) in [4.78, 5) is 15.0. The number of rotatable bonds is 6. The monoisotopic (exact) mass is 230 g/mol. The lowest BCUT2D eigenvalue weighted by molar-refractivity contribution is -0.142. The van der Waals surface area contributed by atoms with Crippen LogP contribution in [0.25, 0.3) is 0 Å². The van der Waals surface area contributed by atoms with Gasteiger partial charge < -0.3 is 21.1 Å². The number of hydrogen-bond acceptors (Lipinski definition) is 4. The number of nitrogens with one attached hydrogen (secondary N) is 2. The van der Waals surface area contributed by atoms with Gasteiger partial charge in [0.15, 0.2) is 5.96 Å². The topological polar surface area (TPSA) is 88.7 Å². The first-order chi connectivity index (χ1) is 7.65. The molecule has 0 saturated carbocycles. The van der Waals surface area contributed by atoms with Crippen molar-refractivity contribution in [3.05, 3.63) is 0 Å². The second-order valence-corrected chi connectivity index (χ2v) is 3.37. The molecule has 0 fully saturated rings. The predicted octanol–water partition coefficient (Wildman–Crippen LogP) is -0.548. The van der Waals surface area contributed by atoms with Gasteiger partial charge in [-0.15, -0.1) is 0 Å². The Balaban J connectivity index is 3.50. The molecule has 0 heterocycles. The number of hydrogen-bond donors (Lipinski definition) is 3. The van der Waals surface area contributed by atoms with E-state index in [4.69, 9.17) is 5.73 Å². The van der Waals surface area contributed by atoms with Crippen molar-refractivity contribution in [2.45, 2.75) is 25.3 Å². The van der Waals surface area contributed by atoms with Crippen LogP contribution in [0.15, 0.2) is 4.99 Å². The lowest BCUT2D eigenvalue weighted by Crippen LogP contribution is -2.35. The van der Waals surface area contributed by atoms with Gasteiger partial charge in [0.1, 0.15) is 6.04 Å². The summed E-state index contributed by atoms with van der Waals surface area (Å²) < 4.78 is 4.53. The SMILES string of the molecule is CN=C(NC)NCCCCC(N)C(=O)OC. The van der Waals surface area contributed by atoms with Gasteiger partial charge in [-0.3, -0.25) is 9.79 Å². The van der Waals surface area contributed by atoms with Crippen molar-refractivity contribution < 1.29 is 9.53 Å². The Hall–Kier alpha value is -1.30. The van der Waals surface area contributed by atoms with Gasteiger partial charge in [0.25, 0.3) is 0 Å². The molecule has 0 bridgehead atoms. The fourth-order valence-electron chi connectivity index (χ4n) is 1.24. The quantitative estimate of drug-likeness (QED) is 0.247. The Morgan fingerprint density at radius 2 is 2.19 bits per heavy atom. The molecule has 94 valence electrons. The molecule has 0 aliphatic rings. The predicted molar refractivity (Wildman–Crippen MR) is 64.3 cm³/mol. The summed E-state index contributed by atoms with van der Waals surface area (Å²) in [7, 11) is 4.87. The van der Waals surface area contributed by atoms with E-state index < -0.39 is 6.04 Å². The van der Waals surface area contributed by atoms with Crippen LogP contribution in [0.4, 0.5) is 0 Å². The number of carbonyl (C=O) groups excluding carboxylic acids is 1.